The molecule has 0 unspecified atom stereocenters. The second-order valence-electron chi connectivity index (χ2n) is 7.87. The van der Waals surface area contributed by atoms with Crippen LogP contribution in [0.3, 0.4) is 0 Å². The molecule has 1 atom stereocenters. The highest BCUT2D eigenvalue weighted by atomic mass is 16.5. The van der Waals surface area contributed by atoms with E-state index in [0.29, 0.717) is 31.6 Å². The van der Waals surface area contributed by atoms with Gasteiger partial charge in [-0.2, -0.15) is 0 Å². The molecule has 0 amide bonds. The van der Waals surface area contributed by atoms with Gasteiger partial charge in [-0.05, 0) is 23.6 Å². The Balaban J connectivity index is 1.60. The maximum atomic E-state index is 6.30. The highest BCUT2D eigenvalue weighted by Crippen LogP contribution is 2.36. The van der Waals surface area contributed by atoms with Gasteiger partial charge in [0.1, 0.15) is 30.3 Å². The molecule has 0 radical (unpaired) electrons. The van der Waals surface area contributed by atoms with Crippen molar-refractivity contribution in [3.63, 3.8) is 0 Å². The van der Waals surface area contributed by atoms with Gasteiger partial charge in [0.25, 0.3) is 0 Å². The lowest BCUT2D eigenvalue weighted by molar-refractivity contribution is 0.0418. The number of hydrogen-bond acceptors (Lipinski definition) is 5. The predicted octanol–water partition coefficient (Wildman–Crippen LogP) is 4.47. The summed E-state index contributed by atoms with van der Waals surface area (Å²) in [7, 11) is 0. The molecule has 6 nitrogen and oxygen atoms in total. The minimum Gasteiger partial charge on any atom is -0.489 e. The number of rotatable bonds is 4. The molecule has 3 heterocycles. The molecule has 2 aromatic heterocycles. The predicted molar refractivity (Wildman–Crippen MR) is 114 cm³/mol. The van der Waals surface area contributed by atoms with Gasteiger partial charge in [-0.3, -0.25) is 0 Å². The summed E-state index contributed by atoms with van der Waals surface area (Å²) in [4.78, 5) is 9.37. The lowest BCUT2D eigenvalue weighted by Gasteiger charge is -2.29. The van der Waals surface area contributed by atoms with E-state index in [1.54, 1.807) is 0 Å². The zero-order valence-electron chi connectivity index (χ0n) is 16.6. The van der Waals surface area contributed by atoms with Gasteiger partial charge in [-0.25, -0.2) is 9.97 Å². The van der Waals surface area contributed by atoms with Gasteiger partial charge in [-0.1, -0.05) is 44.2 Å². The summed E-state index contributed by atoms with van der Waals surface area (Å²) in [6.45, 7) is 6.10. The fourth-order valence-corrected chi connectivity index (χ4v) is 4.03. The second kappa shape index (κ2) is 7.04. The van der Waals surface area contributed by atoms with Crippen molar-refractivity contribution in [2.75, 3.05) is 12.3 Å². The molecule has 6 heteroatoms. The number of nitrogens with two attached hydrogens (primary N) is 1. The summed E-state index contributed by atoms with van der Waals surface area (Å²) in [5, 5.41) is 1.03. The second-order valence-corrected chi connectivity index (χ2v) is 7.87. The van der Waals surface area contributed by atoms with Crippen molar-refractivity contribution >= 4 is 27.8 Å². The van der Waals surface area contributed by atoms with Crippen LogP contribution >= 0.6 is 0 Å². The molecule has 2 N–H and O–H groups in total. The molecule has 5 rings (SSSR count). The molecule has 1 aliphatic heterocycles. The van der Waals surface area contributed by atoms with E-state index in [2.05, 4.69) is 29.5 Å². The molecule has 0 fully saturated rings. The first kappa shape index (κ1) is 17.9. The van der Waals surface area contributed by atoms with Gasteiger partial charge in [-0.15, -0.1) is 0 Å². The van der Waals surface area contributed by atoms with Crippen LogP contribution in [0.4, 0.5) is 5.82 Å². The lowest BCUT2D eigenvalue weighted by atomic mass is 10.0. The molecule has 0 saturated heterocycles. The Morgan fingerprint density at radius 3 is 2.79 bits per heavy atom. The van der Waals surface area contributed by atoms with Crippen molar-refractivity contribution in [3.8, 4) is 5.75 Å². The Labute approximate surface area is 169 Å². The molecule has 1 aliphatic rings. The van der Waals surface area contributed by atoms with E-state index in [0.717, 1.165) is 39.1 Å². The van der Waals surface area contributed by atoms with Crippen molar-refractivity contribution in [1.29, 1.82) is 0 Å². The van der Waals surface area contributed by atoms with Crippen LogP contribution in [0, 0.1) is 5.92 Å². The van der Waals surface area contributed by atoms with Crippen molar-refractivity contribution in [2.24, 2.45) is 5.92 Å². The number of imidazole rings is 1. The maximum Gasteiger partial charge on any atom is 0.152 e. The molecule has 0 aliphatic carbocycles. The topological polar surface area (TPSA) is 75.2 Å². The minimum absolute atomic E-state index is 0.225. The minimum atomic E-state index is 0.225. The summed E-state index contributed by atoms with van der Waals surface area (Å²) in [5.41, 5.74) is 10.0. The Morgan fingerprint density at radius 1 is 1.17 bits per heavy atom. The Morgan fingerprint density at radius 2 is 2.00 bits per heavy atom. The molecule has 148 valence electrons. The summed E-state index contributed by atoms with van der Waals surface area (Å²) < 4.78 is 14.1. The van der Waals surface area contributed by atoms with Gasteiger partial charge in [0.05, 0.1) is 23.7 Å². The van der Waals surface area contributed by atoms with E-state index in [1.165, 1.54) is 0 Å². The summed E-state index contributed by atoms with van der Waals surface area (Å²) >= 11 is 0. The zero-order chi connectivity index (χ0) is 20.0. The zero-order valence-corrected chi connectivity index (χ0v) is 16.6. The molecular formula is C23H24N4O2. The smallest absolute Gasteiger partial charge is 0.152 e. The van der Waals surface area contributed by atoms with Crippen LogP contribution in [0.5, 0.6) is 5.75 Å². The number of fused-ring (bicyclic) bond motifs is 5. The van der Waals surface area contributed by atoms with Crippen LogP contribution in [-0.4, -0.2) is 21.1 Å². The van der Waals surface area contributed by atoms with Crippen molar-refractivity contribution < 1.29 is 9.47 Å². The van der Waals surface area contributed by atoms with E-state index in [4.69, 9.17) is 20.2 Å². The number of nitrogens with zero attached hydrogens (tertiary/aromatic N) is 3. The SMILES string of the molecule is CC(C)[C@H]1COCc2nc3c(N)nc4cc(OCc5ccccc5)ccc4c3n21. The summed E-state index contributed by atoms with van der Waals surface area (Å²) in [6.07, 6.45) is 0. The average Bonchev–Trinajstić information content (AvgIpc) is 3.13. The van der Waals surface area contributed by atoms with Crippen LogP contribution in [0.25, 0.3) is 21.9 Å². The van der Waals surface area contributed by atoms with Gasteiger partial charge in [0.15, 0.2) is 5.82 Å². The van der Waals surface area contributed by atoms with Crippen molar-refractivity contribution in [2.45, 2.75) is 33.1 Å². The van der Waals surface area contributed by atoms with E-state index >= 15 is 0 Å². The Hall–Kier alpha value is -3.12. The number of ether oxygens (including phenoxy) is 2. The van der Waals surface area contributed by atoms with Crippen LogP contribution < -0.4 is 10.5 Å². The van der Waals surface area contributed by atoms with Gasteiger partial charge in [0.2, 0.25) is 0 Å². The number of aromatic nitrogens is 3. The fraction of sp³-hybridized carbons (Fsp3) is 0.304. The molecule has 29 heavy (non-hydrogen) atoms. The fourth-order valence-electron chi connectivity index (χ4n) is 4.03. The lowest BCUT2D eigenvalue weighted by Crippen LogP contribution is -2.27. The van der Waals surface area contributed by atoms with Crippen LogP contribution in [-0.2, 0) is 18.0 Å². The van der Waals surface area contributed by atoms with Crippen molar-refractivity contribution in [3.05, 3.63) is 59.9 Å². The molecule has 2 aromatic carbocycles. The van der Waals surface area contributed by atoms with Gasteiger partial charge >= 0.3 is 0 Å². The molecule has 4 aromatic rings. The van der Waals surface area contributed by atoms with Gasteiger partial charge in [0, 0.05) is 11.5 Å². The number of anilines is 1. The normalized spacial score (nSPS) is 16.4. The Bertz CT molecular complexity index is 1180. The average molecular weight is 388 g/mol. The van der Waals surface area contributed by atoms with E-state index in [1.807, 2.05) is 42.5 Å². The van der Waals surface area contributed by atoms with Crippen LogP contribution in [0.2, 0.25) is 0 Å². The number of benzene rings is 2. The standard InChI is InChI=1S/C23H24N4O2/c1-14(2)19-12-28-13-20-26-21-22(27(19)20)17-9-8-16(10-18(17)25-23(21)24)29-11-15-6-4-3-5-7-15/h3-10,14,19H,11-13H2,1-2H3,(H2,24,25)/t19-/m1/s1. The van der Waals surface area contributed by atoms with Gasteiger partial charge < -0.3 is 19.8 Å². The number of nitrogen functional groups attached to an aromatic ring is 1. The molecule has 0 spiro atoms. The third-order valence-electron chi connectivity index (χ3n) is 5.56. The first-order chi connectivity index (χ1) is 14.1. The maximum absolute atomic E-state index is 6.30. The first-order valence-corrected chi connectivity index (χ1v) is 9.96. The molecule has 0 bridgehead atoms. The quantitative estimate of drug-likeness (QED) is 0.558. The molecular weight excluding hydrogens is 364 g/mol. The first-order valence-electron chi connectivity index (χ1n) is 9.96. The number of hydrogen-bond donors (Lipinski definition) is 1. The third-order valence-corrected chi connectivity index (χ3v) is 5.56. The van der Waals surface area contributed by atoms with E-state index < -0.39 is 0 Å². The highest BCUT2D eigenvalue weighted by Gasteiger charge is 2.28. The highest BCUT2D eigenvalue weighted by molar-refractivity contribution is 6.07. The van der Waals surface area contributed by atoms with Crippen LogP contribution in [0.1, 0.15) is 31.3 Å². The van der Waals surface area contributed by atoms with Crippen LogP contribution in [0.15, 0.2) is 48.5 Å². The largest absolute Gasteiger partial charge is 0.489 e. The number of pyridine rings is 1. The monoisotopic (exact) mass is 388 g/mol. The summed E-state index contributed by atoms with van der Waals surface area (Å²) in [6, 6.07) is 16.4. The van der Waals surface area contributed by atoms with Crippen molar-refractivity contribution in [1.82, 2.24) is 14.5 Å². The van der Waals surface area contributed by atoms with E-state index in [-0.39, 0.29) is 6.04 Å². The summed E-state index contributed by atoms with van der Waals surface area (Å²) in [5.74, 6) is 2.55. The van der Waals surface area contributed by atoms with E-state index in [9.17, 15) is 0 Å². The third kappa shape index (κ3) is 3.09. The molecule has 0 saturated carbocycles. The Kier molecular flexibility index (Phi) is 4.36.